The molecule has 4 nitrogen and oxygen atoms in total. The second-order valence-corrected chi connectivity index (χ2v) is 5.16. The van der Waals surface area contributed by atoms with Gasteiger partial charge in [-0.3, -0.25) is 4.79 Å². The van der Waals surface area contributed by atoms with E-state index in [1.54, 1.807) is 12.1 Å². The van der Waals surface area contributed by atoms with Crippen LogP contribution in [0.1, 0.15) is 21.7 Å². The Bertz CT molecular complexity index is 826. The number of halogens is 1. The van der Waals surface area contributed by atoms with Crippen LogP contribution < -0.4 is 5.32 Å². The van der Waals surface area contributed by atoms with Crippen molar-refractivity contribution >= 4 is 16.9 Å². The number of aromatic nitrogens is 2. The Morgan fingerprint density at radius 3 is 2.91 bits per heavy atom. The maximum absolute atomic E-state index is 13.5. The summed E-state index contributed by atoms with van der Waals surface area (Å²) in [5.41, 5.74) is 3.07. The molecule has 0 spiro atoms. The van der Waals surface area contributed by atoms with E-state index < -0.39 is 11.7 Å². The zero-order chi connectivity index (χ0) is 15.5. The normalized spacial score (nSPS) is 10.8. The summed E-state index contributed by atoms with van der Waals surface area (Å²) < 4.78 is 13.5. The Labute approximate surface area is 127 Å². The summed E-state index contributed by atoms with van der Waals surface area (Å²) >= 11 is 0. The number of benzene rings is 2. The highest BCUT2D eigenvalue weighted by Gasteiger charge is 2.09. The number of rotatable bonds is 4. The third-order valence-electron chi connectivity index (χ3n) is 3.48. The number of nitrogens with zero attached hydrogens (tertiary/aromatic N) is 1. The number of amides is 1. The van der Waals surface area contributed by atoms with Crippen molar-refractivity contribution in [2.75, 3.05) is 6.54 Å². The maximum Gasteiger partial charge on any atom is 0.254 e. The molecular formula is C17H16FN3O. The molecule has 0 aliphatic rings. The van der Waals surface area contributed by atoms with Gasteiger partial charge in [0.1, 0.15) is 11.6 Å². The van der Waals surface area contributed by atoms with Gasteiger partial charge >= 0.3 is 0 Å². The molecule has 3 aromatic rings. The number of H-pyrrole nitrogens is 1. The first-order valence-corrected chi connectivity index (χ1v) is 7.11. The van der Waals surface area contributed by atoms with Crippen molar-refractivity contribution in [2.45, 2.75) is 13.3 Å². The molecule has 0 aliphatic heterocycles. The molecule has 0 radical (unpaired) electrons. The van der Waals surface area contributed by atoms with Crippen LogP contribution in [0.2, 0.25) is 0 Å². The van der Waals surface area contributed by atoms with Gasteiger partial charge in [0, 0.05) is 6.54 Å². The lowest BCUT2D eigenvalue weighted by Crippen LogP contribution is -2.26. The summed E-state index contributed by atoms with van der Waals surface area (Å²) in [7, 11) is 0. The molecule has 22 heavy (non-hydrogen) atoms. The second kappa shape index (κ2) is 5.97. The molecule has 0 atom stereocenters. The topological polar surface area (TPSA) is 57.8 Å². The van der Waals surface area contributed by atoms with Crippen LogP contribution in [0.25, 0.3) is 11.0 Å². The monoisotopic (exact) mass is 297 g/mol. The summed E-state index contributed by atoms with van der Waals surface area (Å²) in [6, 6.07) is 11.9. The minimum atomic E-state index is -0.505. The number of carbonyl (C=O) groups excluding carboxylic acids is 1. The van der Waals surface area contributed by atoms with Crippen molar-refractivity contribution in [3.8, 4) is 0 Å². The molecular weight excluding hydrogens is 281 g/mol. The van der Waals surface area contributed by atoms with Crippen molar-refractivity contribution in [2.24, 2.45) is 0 Å². The van der Waals surface area contributed by atoms with E-state index in [-0.39, 0.29) is 5.56 Å². The molecule has 0 fully saturated rings. The Kier molecular flexibility index (Phi) is 3.87. The van der Waals surface area contributed by atoms with E-state index in [1.807, 2.05) is 25.1 Å². The third kappa shape index (κ3) is 2.98. The minimum Gasteiger partial charge on any atom is -0.352 e. The van der Waals surface area contributed by atoms with Gasteiger partial charge in [-0.2, -0.15) is 0 Å². The first-order valence-electron chi connectivity index (χ1n) is 7.11. The lowest BCUT2D eigenvalue weighted by atomic mass is 10.1. The van der Waals surface area contributed by atoms with Gasteiger partial charge in [-0.25, -0.2) is 9.37 Å². The van der Waals surface area contributed by atoms with Crippen LogP contribution in [-0.2, 0) is 6.42 Å². The van der Waals surface area contributed by atoms with Gasteiger partial charge in [-0.1, -0.05) is 18.2 Å². The molecule has 2 N–H and O–H groups in total. The number of imidazole rings is 1. The molecule has 0 bridgehead atoms. The molecule has 1 heterocycles. The summed E-state index contributed by atoms with van der Waals surface area (Å²) in [6.45, 7) is 2.36. The Hall–Kier alpha value is -2.69. The highest BCUT2D eigenvalue weighted by Crippen LogP contribution is 2.14. The number of nitrogens with one attached hydrogen (secondary N) is 2. The zero-order valence-corrected chi connectivity index (χ0v) is 12.2. The summed E-state index contributed by atoms with van der Waals surface area (Å²) in [5.74, 6) is -0.0223. The van der Waals surface area contributed by atoms with Crippen LogP contribution >= 0.6 is 0 Å². The fourth-order valence-electron chi connectivity index (χ4n) is 2.40. The lowest BCUT2D eigenvalue weighted by Gasteiger charge is -2.06. The largest absolute Gasteiger partial charge is 0.352 e. The molecule has 1 aromatic heterocycles. The summed E-state index contributed by atoms with van der Waals surface area (Å²) in [4.78, 5) is 19.4. The van der Waals surface area contributed by atoms with E-state index in [0.29, 0.717) is 13.0 Å². The summed E-state index contributed by atoms with van der Waals surface area (Å²) in [5, 5.41) is 2.74. The smallest absolute Gasteiger partial charge is 0.254 e. The maximum atomic E-state index is 13.5. The molecule has 3 rings (SSSR count). The van der Waals surface area contributed by atoms with E-state index in [1.165, 1.54) is 12.1 Å². The fourth-order valence-corrected chi connectivity index (χ4v) is 2.40. The number of hydrogen-bond donors (Lipinski definition) is 2. The first-order chi connectivity index (χ1) is 10.6. The average molecular weight is 297 g/mol. The van der Waals surface area contributed by atoms with Crippen molar-refractivity contribution in [3.05, 3.63) is 65.2 Å². The number of aromatic amines is 1. The second-order valence-electron chi connectivity index (χ2n) is 5.16. The lowest BCUT2D eigenvalue weighted by molar-refractivity contribution is 0.0950. The Balaban J connectivity index is 1.62. The molecule has 0 saturated heterocycles. The molecule has 0 unspecified atom stereocenters. The minimum absolute atomic E-state index is 0.0714. The Morgan fingerprint density at radius 1 is 1.27 bits per heavy atom. The molecule has 1 amide bonds. The number of fused-ring (bicyclic) bond motifs is 1. The van der Waals surface area contributed by atoms with Crippen LogP contribution in [0.3, 0.4) is 0 Å². The molecule has 0 saturated carbocycles. The standard InChI is InChI=1S/C17H16FN3O/c1-11-20-15-7-6-12(10-16(15)21-11)8-9-19-17(22)13-4-2-3-5-14(13)18/h2-7,10H,8-9H2,1H3,(H,19,22)(H,20,21). The van der Waals surface area contributed by atoms with Gasteiger partial charge in [0.15, 0.2) is 0 Å². The molecule has 5 heteroatoms. The van der Waals surface area contributed by atoms with Gasteiger partial charge in [0.05, 0.1) is 16.6 Å². The number of carbonyl (C=O) groups is 1. The van der Waals surface area contributed by atoms with Gasteiger partial charge < -0.3 is 10.3 Å². The first kappa shape index (κ1) is 14.3. The predicted molar refractivity (Wildman–Crippen MR) is 83.3 cm³/mol. The van der Waals surface area contributed by atoms with Crippen LogP contribution in [0.5, 0.6) is 0 Å². The zero-order valence-electron chi connectivity index (χ0n) is 12.2. The van der Waals surface area contributed by atoms with Gasteiger partial charge in [0.2, 0.25) is 0 Å². The van der Waals surface area contributed by atoms with Crippen molar-refractivity contribution in [1.29, 1.82) is 0 Å². The van der Waals surface area contributed by atoms with E-state index in [9.17, 15) is 9.18 Å². The van der Waals surface area contributed by atoms with Crippen molar-refractivity contribution in [1.82, 2.24) is 15.3 Å². The van der Waals surface area contributed by atoms with E-state index in [2.05, 4.69) is 15.3 Å². The molecule has 112 valence electrons. The highest BCUT2D eigenvalue weighted by atomic mass is 19.1. The van der Waals surface area contributed by atoms with Crippen LogP contribution in [0.15, 0.2) is 42.5 Å². The quantitative estimate of drug-likeness (QED) is 0.778. The van der Waals surface area contributed by atoms with Gasteiger partial charge in [-0.05, 0) is 43.2 Å². The third-order valence-corrected chi connectivity index (χ3v) is 3.48. The average Bonchev–Trinajstić information content (AvgIpc) is 2.87. The van der Waals surface area contributed by atoms with E-state index in [0.717, 1.165) is 22.4 Å². The van der Waals surface area contributed by atoms with Crippen molar-refractivity contribution < 1.29 is 9.18 Å². The van der Waals surface area contributed by atoms with Gasteiger partial charge in [0.25, 0.3) is 5.91 Å². The predicted octanol–water partition coefficient (Wildman–Crippen LogP) is 2.98. The summed E-state index contributed by atoms with van der Waals surface area (Å²) in [6.07, 6.45) is 0.675. The highest BCUT2D eigenvalue weighted by molar-refractivity contribution is 5.94. The van der Waals surface area contributed by atoms with Gasteiger partial charge in [-0.15, -0.1) is 0 Å². The van der Waals surface area contributed by atoms with E-state index >= 15 is 0 Å². The molecule has 2 aromatic carbocycles. The SMILES string of the molecule is Cc1nc2ccc(CCNC(=O)c3ccccc3F)cc2[nH]1. The van der Waals surface area contributed by atoms with E-state index in [4.69, 9.17) is 0 Å². The van der Waals surface area contributed by atoms with Crippen LogP contribution in [-0.4, -0.2) is 22.4 Å². The Morgan fingerprint density at radius 2 is 2.09 bits per heavy atom. The fraction of sp³-hybridized carbons (Fsp3) is 0.176. The van der Waals surface area contributed by atoms with Crippen LogP contribution in [0, 0.1) is 12.7 Å². The number of hydrogen-bond acceptors (Lipinski definition) is 2. The molecule has 0 aliphatic carbocycles. The van der Waals surface area contributed by atoms with Crippen molar-refractivity contribution in [3.63, 3.8) is 0 Å². The van der Waals surface area contributed by atoms with Crippen LogP contribution in [0.4, 0.5) is 4.39 Å². The number of aryl methyl sites for hydroxylation is 1.